The fourth-order valence-corrected chi connectivity index (χ4v) is 4.14. The SMILES string of the molecule is COc1ccc2sc(N3CC(C(=O)Nc4ccc(-n5cnnn5)cc4)C3)nc2c1. The number of thiazole rings is 1. The molecule has 0 spiro atoms. The molecular formula is C19H17N7O2S. The molecule has 0 aliphatic carbocycles. The molecule has 5 rings (SSSR count). The molecule has 0 atom stereocenters. The first-order valence-corrected chi connectivity index (χ1v) is 9.85. The zero-order chi connectivity index (χ0) is 19.8. The van der Waals surface area contributed by atoms with Gasteiger partial charge in [0.2, 0.25) is 5.91 Å². The minimum atomic E-state index is -0.0595. The van der Waals surface area contributed by atoms with Gasteiger partial charge in [-0.1, -0.05) is 11.3 Å². The molecule has 1 N–H and O–H groups in total. The number of rotatable bonds is 5. The molecule has 2 aromatic heterocycles. The Morgan fingerprint density at radius 2 is 2.03 bits per heavy atom. The highest BCUT2D eigenvalue weighted by Gasteiger charge is 2.34. The predicted octanol–water partition coefficient (Wildman–Crippen LogP) is 2.36. The van der Waals surface area contributed by atoms with Gasteiger partial charge in [0.1, 0.15) is 12.1 Å². The molecule has 29 heavy (non-hydrogen) atoms. The summed E-state index contributed by atoms with van der Waals surface area (Å²) in [5.41, 5.74) is 2.49. The minimum Gasteiger partial charge on any atom is -0.497 e. The number of amides is 1. The first kappa shape index (κ1) is 17.6. The van der Waals surface area contributed by atoms with Gasteiger partial charge in [-0.2, -0.15) is 0 Å². The summed E-state index contributed by atoms with van der Waals surface area (Å²) in [4.78, 5) is 19.3. The van der Waals surface area contributed by atoms with E-state index in [1.165, 1.54) is 6.33 Å². The number of fused-ring (bicyclic) bond motifs is 1. The number of aromatic nitrogens is 5. The van der Waals surface area contributed by atoms with Gasteiger partial charge in [-0.05, 0) is 46.8 Å². The molecule has 9 nitrogen and oxygen atoms in total. The molecule has 4 aromatic rings. The second-order valence-corrected chi connectivity index (χ2v) is 7.73. The van der Waals surface area contributed by atoms with E-state index in [0.717, 1.165) is 32.5 Å². The largest absolute Gasteiger partial charge is 0.497 e. The van der Waals surface area contributed by atoms with Crippen LogP contribution < -0.4 is 15.0 Å². The van der Waals surface area contributed by atoms with Crippen molar-refractivity contribution in [3.63, 3.8) is 0 Å². The van der Waals surface area contributed by atoms with Crippen LogP contribution in [-0.2, 0) is 4.79 Å². The quantitative estimate of drug-likeness (QED) is 0.542. The molecule has 10 heteroatoms. The number of hydrogen-bond donors (Lipinski definition) is 1. The molecule has 0 saturated carbocycles. The molecule has 0 bridgehead atoms. The molecule has 3 heterocycles. The van der Waals surface area contributed by atoms with E-state index in [1.54, 1.807) is 23.1 Å². The van der Waals surface area contributed by atoms with E-state index in [4.69, 9.17) is 4.74 Å². The van der Waals surface area contributed by atoms with E-state index in [9.17, 15) is 4.79 Å². The molecule has 0 unspecified atom stereocenters. The van der Waals surface area contributed by atoms with Crippen LogP contribution >= 0.6 is 11.3 Å². The first-order chi connectivity index (χ1) is 14.2. The molecule has 1 aliphatic heterocycles. The number of benzene rings is 2. The Labute approximate surface area is 169 Å². The highest BCUT2D eigenvalue weighted by molar-refractivity contribution is 7.22. The summed E-state index contributed by atoms with van der Waals surface area (Å²) in [7, 11) is 1.65. The van der Waals surface area contributed by atoms with Crippen molar-refractivity contribution in [2.24, 2.45) is 5.92 Å². The number of ether oxygens (including phenoxy) is 1. The summed E-state index contributed by atoms with van der Waals surface area (Å²) in [6, 6.07) is 13.3. The Balaban J connectivity index is 1.20. The van der Waals surface area contributed by atoms with Crippen LogP contribution in [0.1, 0.15) is 0 Å². The molecule has 1 aliphatic rings. The number of hydrogen-bond acceptors (Lipinski definition) is 8. The smallest absolute Gasteiger partial charge is 0.231 e. The van der Waals surface area contributed by atoms with E-state index < -0.39 is 0 Å². The molecule has 0 radical (unpaired) electrons. The Bertz CT molecular complexity index is 1150. The van der Waals surface area contributed by atoms with Crippen molar-refractivity contribution in [1.29, 1.82) is 0 Å². The number of carbonyl (C=O) groups excluding carboxylic acids is 1. The van der Waals surface area contributed by atoms with Crippen molar-refractivity contribution < 1.29 is 9.53 Å². The summed E-state index contributed by atoms with van der Waals surface area (Å²) in [6.07, 6.45) is 1.52. The second-order valence-electron chi connectivity index (χ2n) is 6.72. The third-order valence-corrected chi connectivity index (χ3v) is 5.95. The van der Waals surface area contributed by atoms with Crippen LogP contribution in [0.4, 0.5) is 10.8 Å². The Morgan fingerprint density at radius 3 is 2.76 bits per heavy atom. The predicted molar refractivity (Wildman–Crippen MR) is 110 cm³/mol. The maximum Gasteiger partial charge on any atom is 0.231 e. The van der Waals surface area contributed by atoms with Crippen LogP contribution in [0.15, 0.2) is 48.8 Å². The van der Waals surface area contributed by atoms with Gasteiger partial charge < -0.3 is 15.0 Å². The summed E-state index contributed by atoms with van der Waals surface area (Å²) < 4.78 is 7.92. The molecule has 2 aromatic carbocycles. The topological polar surface area (TPSA) is 98.1 Å². The van der Waals surface area contributed by atoms with Crippen molar-refractivity contribution in [3.8, 4) is 11.4 Å². The molecule has 146 valence electrons. The van der Waals surface area contributed by atoms with E-state index >= 15 is 0 Å². The average molecular weight is 407 g/mol. The summed E-state index contributed by atoms with van der Waals surface area (Å²) >= 11 is 1.63. The molecule has 1 fully saturated rings. The van der Waals surface area contributed by atoms with Crippen LogP contribution in [0.25, 0.3) is 15.9 Å². The number of nitrogens with zero attached hydrogens (tertiary/aromatic N) is 6. The third-order valence-electron chi connectivity index (χ3n) is 4.85. The van der Waals surface area contributed by atoms with E-state index in [-0.39, 0.29) is 11.8 Å². The lowest BCUT2D eigenvalue weighted by Crippen LogP contribution is -2.52. The number of nitrogens with one attached hydrogen (secondary N) is 1. The summed E-state index contributed by atoms with van der Waals surface area (Å²) in [6.45, 7) is 1.32. The molecule has 1 amide bonds. The second kappa shape index (κ2) is 7.13. The van der Waals surface area contributed by atoms with Crippen LogP contribution in [0.2, 0.25) is 0 Å². The third kappa shape index (κ3) is 3.38. The standard InChI is InChI=1S/C19H17N7O2S/c1-28-15-6-7-17-16(8-15)22-19(29-17)25-9-12(10-25)18(27)21-13-2-4-14(5-3-13)26-11-20-23-24-26/h2-8,11-12H,9-10H2,1H3,(H,21,27). The van der Waals surface area contributed by atoms with Gasteiger partial charge >= 0.3 is 0 Å². The summed E-state index contributed by atoms with van der Waals surface area (Å²) in [5, 5.41) is 15.0. The van der Waals surface area contributed by atoms with Gasteiger partial charge in [0, 0.05) is 24.8 Å². The van der Waals surface area contributed by atoms with Crippen molar-refractivity contribution in [2.45, 2.75) is 0 Å². The Kier molecular flexibility index (Phi) is 4.32. The lowest BCUT2D eigenvalue weighted by atomic mass is 10.00. The van der Waals surface area contributed by atoms with Gasteiger partial charge in [-0.15, -0.1) is 5.10 Å². The fourth-order valence-electron chi connectivity index (χ4n) is 3.18. The fraction of sp³-hybridized carbons (Fsp3) is 0.211. The highest BCUT2D eigenvalue weighted by Crippen LogP contribution is 2.34. The van der Waals surface area contributed by atoms with Crippen molar-refractivity contribution >= 4 is 38.3 Å². The number of tetrazole rings is 1. The van der Waals surface area contributed by atoms with Crippen molar-refractivity contribution in [3.05, 3.63) is 48.8 Å². The lowest BCUT2D eigenvalue weighted by Gasteiger charge is -2.37. The lowest BCUT2D eigenvalue weighted by molar-refractivity contribution is -0.120. The zero-order valence-corrected chi connectivity index (χ0v) is 16.3. The number of carbonyl (C=O) groups is 1. The molecule has 1 saturated heterocycles. The van der Waals surface area contributed by atoms with Crippen molar-refractivity contribution in [1.82, 2.24) is 25.2 Å². The average Bonchev–Trinajstić information content (AvgIpc) is 3.36. The van der Waals surface area contributed by atoms with E-state index in [0.29, 0.717) is 13.1 Å². The van der Waals surface area contributed by atoms with Crippen molar-refractivity contribution in [2.75, 3.05) is 30.4 Å². The normalized spacial score (nSPS) is 14.0. The molecular weight excluding hydrogens is 390 g/mol. The van der Waals surface area contributed by atoms with Crippen LogP contribution in [-0.4, -0.2) is 51.3 Å². The maximum absolute atomic E-state index is 12.5. The first-order valence-electron chi connectivity index (χ1n) is 9.03. The van der Waals surface area contributed by atoms with Gasteiger partial charge in [0.25, 0.3) is 0 Å². The minimum absolute atomic E-state index is 0.0132. The Morgan fingerprint density at radius 1 is 1.21 bits per heavy atom. The van der Waals surface area contributed by atoms with E-state index in [2.05, 4.69) is 30.7 Å². The van der Waals surface area contributed by atoms with Gasteiger partial charge in [-0.3, -0.25) is 4.79 Å². The summed E-state index contributed by atoms with van der Waals surface area (Å²) in [5.74, 6) is 0.747. The Hall–Kier alpha value is -3.53. The maximum atomic E-state index is 12.5. The highest BCUT2D eigenvalue weighted by atomic mass is 32.1. The van der Waals surface area contributed by atoms with Gasteiger partial charge in [0.05, 0.1) is 28.9 Å². The van der Waals surface area contributed by atoms with E-state index in [1.807, 2.05) is 42.5 Å². The number of methoxy groups -OCH3 is 1. The van der Waals surface area contributed by atoms with Gasteiger partial charge in [0.15, 0.2) is 5.13 Å². The monoisotopic (exact) mass is 407 g/mol. The van der Waals surface area contributed by atoms with Crippen LogP contribution in [0, 0.1) is 5.92 Å². The zero-order valence-electron chi connectivity index (χ0n) is 15.5. The van der Waals surface area contributed by atoms with Crippen LogP contribution in [0.3, 0.4) is 0 Å². The van der Waals surface area contributed by atoms with Gasteiger partial charge in [-0.25, -0.2) is 9.67 Å². The van der Waals surface area contributed by atoms with Crippen LogP contribution in [0.5, 0.6) is 5.75 Å². The number of anilines is 2.